The molecule has 0 aliphatic rings. The van der Waals surface area contributed by atoms with E-state index in [1.165, 1.54) is 23.2 Å². The molecule has 4 rings (SSSR count). The van der Waals surface area contributed by atoms with Gasteiger partial charge in [0.2, 0.25) is 0 Å². The summed E-state index contributed by atoms with van der Waals surface area (Å²) in [4.78, 5) is 8.45. The fourth-order valence-corrected chi connectivity index (χ4v) is 3.80. The van der Waals surface area contributed by atoms with Crippen LogP contribution in [0.1, 0.15) is 16.7 Å². The zero-order valence-electron chi connectivity index (χ0n) is 16.6. The van der Waals surface area contributed by atoms with E-state index in [-0.39, 0.29) is 11.5 Å². The first-order valence-corrected chi connectivity index (χ1v) is 10.2. The normalized spacial score (nSPS) is 10.6. The molecule has 0 fully saturated rings. The van der Waals surface area contributed by atoms with Crippen molar-refractivity contribution in [3.8, 4) is 16.9 Å². The van der Waals surface area contributed by atoms with E-state index < -0.39 is 0 Å². The molecule has 2 heterocycles. The highest BCUT2D eigenvalue weighted by Crippen LogP contribution is 2.34. The van der Waals surface area contributed by atoms with Crippen molar-refractivity contribution >= 4 is 34.4 Å². The van der Waals surface area contributed by atoms with Crippen LogP contribution >= 0.6 is 11.3 Å². The number of hydrogen-bond acceptors (Lipinski definition) is 7. The van der Waals surface area contributed by atoms with Crippen molar-refractivity contribution in [3.63, 3.8) is 0 Å². The lowest BCUT2D eigenvalue weighted by molar-refractivity contribution is 0.417. The van der Waals surface area contributed by atoms with Gasteiger partial charge in [-0.2, -0.15) is 11.3 Å². The van der Waals surface area contributed by atoms with Crippen LogP contribution < -0.4 is 15.8 Å². The highest BCUT2D eigenvalue weighted by Gasteiger charge is 2.18. The Kier molecular flexibility index (Phi) is 5.45. The molecule has 0 radical (unpaired) electrons. The number of hydrogen-bond donors (Lipinski definition) is 3. The maximum absolute atomic E-state index is 8.61. The predicted molar refractivity (Wildman–Crippen MR) is 123 cm³/mol. The highest BCUT2D eigenvalue weighted by molar-refractivity contribution is 7.08. The van der Waals surface area contributed by atoms with Crippen LogP contribution in [-0.2, 0) is 0 Å². The van der Waals surface area contributed by atoms with Gasteiger partial charge in [0, 0.05) is 10.9 Å². The van der Waals surface area contributed by atoms with Crippen molar-refractivity contribution in [2.24, 2.45) is 0 Å². The molecule has 0 aliphatic carbocycles. The van der Waals surface area contributed by atoms with E-state index in [4.69, 9.17) is 15.9 Å². The smallest absolute Gasteiger partial charge is 0.145 e. The fourth-order valence-electron chi connectivity index (χ4n) is 3.15. The number of nitrogens with two attached hydrogens (primary N) is 1. The van der Waals surface area contributed by atoms with Crippen molar-refractivity contribution < 1.29 is 4.74 Å². The first-order chi connectivity index (χ1) is 14.6. The fraction of sp³-hybridized carbons (Fsp3) is 0.0870. The number of anilines is 3. The van der Waals surface area contributed by atoms with Gasteiger partial charge in [-0.1, -0.05) is 35.9 Å². The van der Waals surface area contributed by atoms with Crippen molar-refractivity contribution in [2.75, 3.05) is 18.2 Å². The van der Waals surface area contributed by atoms with Crippen LogP contribution in [0, 0.1) is 12.3 Å². The van der Waals surface area contributed by atoms with Gasteiger partial charge in [-0.25, -0.2) is 9.97 Å². The largest absolute Gasteiger partial charge is 0.495 e. The van der Waals surface area contributed by atoms with Gasteiger partial charge in [0.15, 0.2) is 0 Å². The molecule has 0 saturated heterocycles. The van der Waals surface area contributed by atoms with Crippen LogP contribution in [0.5, 0.6) is 5.75 Å². The summed E-state index contributed by atoms with van der Waals surface area (Å²) in [5, 5.41) is 15.7. The lowest BCUT2D eigenvalue weighted by Gasteiger charge is -2.16. The topological polar surface area (TPSA) is 96.9 Å². The van der Waals surface area contributed by atoms with E-state index in [1.807, 2.05) is 35.0 Å². The minimum atomic E-state index is 0.248. The van der Waals surface area contributed by atoms with Gasteiger partial charge in [-0.15, -0.1) is 0 Å². The molecule has 0 unspecified atom stereocenters. The third-order valence-electron chi connectivity index (χ3n) is 4.77. The quantitative estimate of drug-likeness (QED) is 0.373. The molecular formula is C23H21N5OS. The number of thiophene rings is 1. The molecule has 0 aliphatic heterocycles. The standard InChI is InChI=1S/C23H21N5OS/c1-14-3-5-15(6-4-14)16-7-8-19(29-2)18(11-16)28-23-20(22(25)26-13-27-23)21(24)17-9-10-30-12-17/h3-13,24H,1-2H3,(H3,25,26,27,28). The van der Waals surface area contributed by atoms with Gasteiger partial charge in [-0.3, -0.25) is 5.41 Å². The van der Waals surface area contributed by atoms with Crippen molar-refractivity contribution in [1.82, 2.24) is 9.97 Å². The monoisotopic (exact) mass is 415 g/mol. The number of nitrogen functional groups attached to an aromatic ring is 1. The summed E-state index contributed by atoms with van der Waals surface area (Å²) in [6.07, 6.45) is 1.39. The van der Waals surface area contributed by atoms with E-state index in [0.717, 1.165) is 22.4 Å². The summed E-state index contributed by atoms with van der Waals surface area (Å²) in [5.41, 5.74) is 11.7. The van der Waals surface area contributed by atoms with E-state index in [2.05, 4.69) is 46.5 Å². The van der Waals surface area contributed by atoms with E-state index >= 15 is 0 Å². The summed E-state index contributed by atoms with van der Waals surface area (Å²) in [7, 11) is 1.62. The summed E-state index contributed by atoms with van der Waals surface area (Å²) in [6, 6.07) is 16.1. The van der Waals surface area contributed by atoms with Gasteiger partial charge >= 0.3 is 0 Å². The third kappa shape index (κ3) is 3.88. The Morgan fingerprint density at radius 2 is 1.83 bits per heavy atom. The van der Waals surface area contributed by atoms with Gasteiger partial charge in [0.1, 0.15) is 23.7 Å². The second kappa shape index (κ2) is 8.34. The molecule has 0 amide bonds. The Bertz CT molecular complexity index is 1190. The Morgan fingerprint density at radius 1 is 1.07 bits per heavy atom. The molecule has 0 bridgehead atoms. The lowest BCUT2D eigenvalue weighted by atomic mass is 10.0. The van der Waals surface area contributed by atoms with E-state index in [1.54, 1.807) is 7.11 Å². The molecule has 0 atom stereocenters. The Balaban J connectivity index is 1.76. The Hall–Kier alpha value is -3.71. The third-order valence-corrected chi connectivity index (χ3v) is 5.46. The van der Waals surface area contributed by atoms with Crippen molar-refractivity contribution in [1.29, 1.82) is 5.41 Å². The predicted octanol–water partition coefficient (Wildman–Crippen LogP) is 5.26. The van der Waals surface area contributed by atoms with Crippen LogP contribution in [0.4, 0.5) is 17.3 Å². The minimum Gasteiger partial charge on any atom is -0.495 e. The maximum Gasteiger partial charge on any atom is 0.145 e. The van der Waals surface area contributed by atoms with Crippen LogP contribution in [0.3, 0.4) is 0 Å². The first kappa shape index (κ1) is 19.6. The molecule has 6 nitrogen and oxygen atoms in total. The molecule has 0 spiro atoms. The average Bonchev–Trinajstić information content (AvgIpc) is 3.29. The van der Waals surface area contributed by atoms with E-state index in [0.29, 0.717) is 17.1 Å². The minimum absolute atomic E-state index is 0.248. The number of aryl methyl sites for hydroxylation is 1. The number of nitrogens with zero attached hydrogens (tertiary/aromatic N) is 2. The first-order valence-electron chi connectivity index (χ1n) is 9.31. The van der Waals surface area contributed by atoms with Crippen LogP contribution in [-0.4, -0.2) is 22.8 Å². The van der Waals surface area contributed by atoms with Gasteiger partial charge < -0.3 is 15.8 Å². The molecule has 150 valence electrons. The van der Waals surface area contributed by atoms with Gasteiger partial charge in [0.25, 0.3) is 0 Å². The van der Waals surface area contributed by atoms with Gasteiger partial charge in [-0.05, 0) is 41.6 Å². The number of methoxy groups -OCH3 is 1. The number of nitrogens with one attached hydrogen (secondary N) is 2. The molecule has 4 N–H and O–H groups in total. The lowest BCUT2D eigenvalue weighted by Crippen LogP contribution is -2.12. The summed E-state index contributed by atoms with van der Waals surface area (Å²) >= 11 is 1.52. The number of aromatic nitrogens is 2. The molecule has 0 saturated carbocycles. The zero-order chi connectivity index (χ0) is 21.1. The van der Waals surface area contributed by atoms with Crippen LogP contribution in [0.25, 0.3) is 11.1 Å². The number of benzene rings is 2. The highest BCUT2D eigenvalue weighted by atomic mass is 32.1. The van der Waals surface area contributed by atoms with Gasteiger partial charge in [0.05, 0.1) is 24.1 Å². The number of ether oxygens (including phenoxy) is 1. The van der Waals surface area contributed by atoms with Crippen molar-refractivity contribution in [3.05, 3.63) is 82.3 Å². The summed E-state index contributed by atoms with van der Waals surface area (Å²) in [5.74, 6) is 1.37. The van der Waals surface area contributed by atoms with E-state index in [9.17, 15) is 0 Å². The average molecular weight is 416 g/mol. The Labute approximate surface area is 178 Å². The van der Waals surface area contributed by atoms with Crippen LogP contribution in [0.2, 0.25) is 0 Å². The molecular weight excluding hydrogens is 394 g/mol. The van der Waals surface area contributed by atoms with Crippen LogP contribution in [0.15, 0.2) is 65.6 Å². The Morgan fingerprint density at radius 3 is 2.53 bits per heavy atom. The summed E-state index contributed by atoms with van der Waals surface area (Å²) in [6.45, 7) is 2.06. The summed E-state index contributed by atoms with van der Waals surface area (Å²) < 4.78 is 5.54. The second-order valence-electron chi connectivity index (χ2n) is 6.78. The molecule has 2 aromatic carbocycles. The molecule has 30 heavy (non-hydrogen) atoms. The zero-order valence-corrected chi connectivity index (χ0v) is 17.5. The second-order valence-corrected chi connectivity index (χ2v) is 7.56. The molecule has 2 aromatic heterocycles. The molecule has 7 heteroatoms. The number of rotatable bonds is 6. The maximum atomic E-state index is 8.61. The van der Waals surface area contributed by atoms with Crippen molar-refractivity contribution in [2.45, 2.75) is 6.92 Å². The molecule has 4 aromatic rings. The SMILES string of the molecule is COc1ccc(-c2ccc(C)cc2)cc1Nc1ncnc(N)c1C(=N)c1ccsc1.